The third-order valence-electron chi connectivity index (χ3n) is 7.44. The Balaban J connectivity index is 1.94. The van der Waals surface area contributed by atoms with Crippen molar-refractivity contribution in [1.82, 2.24) is 0 Å². The summed E-state index contributed by atoms with van der Waals surface area (Å²) in [5.74, 6) is 1.04. The van der Waals surface area contributed by atoms with E-state index in [1.165, 1.54) is 19.3 Å². The predicted octanol–water partition coefficient (Wildman–Crippen LogP) is 4.06. The second-order valence-corrected chi connectivity index (χ2v) is 9.12. The van der Waals surface area contributed by atoms with E-state index in [9.17, 15) is 10.2 Å². The summed E-state index contributed by atoms with van der Waals surface area (Å²) >= 11 is 0. The van der Waals surface area contributed by atoms with Crippen LogP contribution in [0.3, 0.4) is 0 Å². The summed E-state index contributed by atoms with van der Waals surface area (Å²) in [5.41, 5.74) is -0.934. The summed E-state index contributed by atoms with van der Waals surface area (Å²) in [6.45, 7) is 11.0. The fourth-order valence-electron chi connectivity index (χ4n) is 6.48. The Labute approximate surface area is 129 Å². The van der Waals surface area contributed by atoms with Crippen LogP contribution in [0.1, 0.15) is 72.1 Å². The highest BCUT2D eigenvalue weighted by Crippen LogP contribution is 2.65. The average Bonchev–Trinajstić information content (AvgIpc) is 2.36. The van der Waals surface area contributed by atoms with Gasteiger partial charge in [0.05, 0.1) is 11.2 Å². The minimum absolute atomic E-state index is 0.233. The molecule has 0 saturated heterocycles. The van der Waals surface area contributed by atoms with Crippen LogP contribution in [0.5, 0.6) is 0 Å². The van der Waals surface area contributed by atoms with Gasteiger partial charge in [0.2, 0.25) is 0 Å². The standard InChI is InChI=1S/C19H32O2/c1-5-18(20)11-7-15-17(4)10-6-9-16(2,3)14(17)8-12-19(15,21)13-18/h5,14-15,20-21H,1,6-13H2,2-4H3/t14?,15-,17+,18-,19+/m1/s1. The Kier molecular flexibility index (Phi) is 3.39. The molecule has 0 spiro atoms. The van der Waals surface area contributed by atoms with E-state index in [1.807, 2.05) is 0 Å². The molecule has 0 aromatic heterocycles. The van der Waals surface area contributed by atoms with Gasteiger partial charge in [-0.15, -0.1) is 6.58 Å². The van der Waals surface area contributed by atoms with Crippen LogP contribution in [-0.4, -0.2) is 21.4 Å². The van der Waals surface area contributed by atoms with Crippen molar-refractivity contribution in [3.63, 3.8) is 0 Å². The minimum Gasteiger partial charge on any atom is -0.389 e. The maximum absolute atomic E-state index is 11.3. The maximum atomic E-state index is 11.3. The zero-order chi connectivity index (χ0) is 15.5. The van der Waals surface area contributed by atoms with Gasteiger partial charge in [0.1, 0.15) is 0 Å². The van der Waals surface area contributed by atoms with E-state index in [2.05, 4.69) is 27.4 Å². The van der Waals surface area contributed by atoms with Gasteiger partial charge in [0.25, 0.3) is 0 Å². The van der Waals surface area contributed by atoms with Crippen molar-refractivity contribution in [2.24, 2.45) is 22.7 Å². The zero-order valence-electron chi connectivity index (χ0n) is 14.0. The van der Waals surface area contributed by atoms with E-state index in [1.54, 1.807) is 6.08 Å². The molecule has 5 atom stereocenters. The van der Waals surface area contributed by atoms with Gasteiger partial charge in [-0.05, 0) is 61.2 Å². The molecule has 0 amide bonds. The van der Waals surface area contributed by atoms with Gasteiger partial charge in [-0.3, -0.25) is 0 Å². The molecule has 0 heterocycles. The van der Waals surface area contributed by atoms with Crippen LogP contribution in [0.15, 0.2) is 12.7 Å². The molecule has 2 N–H and O–H groups in total. The lowest BCUT2D eigenvalue weighted by Gasteiger charge is -2.64. The number of aliphatic hydroxyl groups is 2. The first-order chi connectivity index (χ1) is 9.65. The second-order valence-electron chi connectivity index (χ2n) is 9.12. The smallest absolute Gasteiger partial charge is 0.0852 e. The molecule has 0 aromatic carbocycles. The topological polar surface area (TPSA) is 40.5 Å². The molecule has 0 aromatic rings. The van der Waals surface area contributed by atoms with Crippen molar-refractivity contribution in [2.45, 2.75) is 83.3 Å². The molecule has 3 saturated carbocycles. The third kappa shape index (κ3) is 2.21. The lowest BCUT2D eigenvalue weighted by atomic mass is 9.43. The van der Waals surface area contributed by atoms with E-state index in [-0.39, 0.29) is 5.41 Å². The van der Waals surface area contributed by atoms with E-state index in [4.69, 9.17) is 0 Å². The first kappa shape index (κ1) is 15.6. The van der Waals surface area contributed by atoms with E-state index in [0.717, 1.165) is 25.7 Å². The number of hydrogen-bond acceptors (Lipinski definition) is 2. The number of rotatable bonds is 1. The molecule has 120 valence electrons. The molecule has 3 rings (SSSR count). The molecule has 2 nitrogen and oxygen atoms in total. The van der Waals surface area contributed by atoms with Crippen molar-refractivity contribution in [3.05, 3.63) is 12.7 Å². The summed E-state index contributed by atoms with van der Waals surface area (Å²) in [4.78, 5) is 0. The van der Waals surface area contributed by atoms with E-state index in [0.29, 0.717) is 23.7 Å². The summed E-state index contributed by atoms with van der Waals surface area (Å²) in [6, 6.07) is 0. The van der Waals surface area contributed by atoms with Crippen molar-refractivity contribution < 1.29 is 10.2 Å². The highest BCUT2D eigenvalue weighted by Gasteiger charge is 2.61. The number of fused-ring (bicyclic) bond motifs is 3. The Hall–Kier alpha value is -0.340. The zero-order valence-corrected chi connectivity index (χ0v) is 14.0. The fraction of sp³-hybridized carbons (Fsp3) is 0.895. The van der Waals surface area contributed by atoms with Gasteiger partial charge in [-0.1, -0.05) is 33.3 Å². The highest BCUT2D eigenvalue weighted by molar-refractivity contribution is 5.15. The van der Waals surface area contributed by atoms with Gasteiger partial charge >= 0.3 is 0 Å². The van der Waals surface area contributed by atoms with Crippen LogP contribution in [0.2, 0.25) is 0 Å². The lowest BCUT2D eigenvalue weighted by Crippen LogP contribution is -2.62. The predicted molar refractivity (Wildman–Crippen MR) is 85.9 cm³/mol. The normalized spacial score (nSPS) is 52.6. The van der Waals surface area contributed by atoms with E-state index < -0.39 is 11.2 Å². The first-order valence-electron chi connectivity index (χ1n) is 8.74. The van der Waals surface area contributed by atoms with Gasteiger partial charge in [-0.25, -0.2) is 0 Å². The van der Waals surface area contributed by atoms with Crippen LogP contribution in [0, 0.1) is 22.7 Å². The molecule has 3 fully saturated rings. The average molecular weight is 292 g/mol. The van der Waals surface area contributed by atoms with Gasteiger partial charge < -0.3 is 10.2 Å². The van der Waals surface area contributed by atoms with Crippen LogP contribution in [0.4, 0.5) is 0 Å². The second kappa shape index (κ2) is 4.58. The summed E-state index contributed by atoms with van der Waals surface area (Å²) in [7, 11) is 0. The number of hydrogen-bond donors (Lipinski definition) is 2. The largest absolute Gasteiger partial charge is 0.389 e. The highest BCUT2D eigenvalue weighted by atomic mass is 16.3. The Morgan fingerprint density at radius 1 is 0.952 bits per heavy atom. The van der Waals surface area contributed by atoms with Gasteiger partial charge in [0.15, 0.2) is 0 Å². The molecule has 1 unspecified atom stereocenters. The summed E-state index contributed by atoms with van der Waals surface area (Å²) in [6.07, 6.45) is 9.60. The third-order valence-corrected chi connectivity index (χ3v) is 7.44. The monoisotopic (exact) mass is 292 g/mol. The molecule has 0 bridgehead atoms. The Morgan fingerprint density at radius 2 is 1.62 bits per heavy atom. The van der Waals surface area contributed by atoms with Crippen LogP contribution in [-0.2, 0) is 0 Å². The molecule has 3 aliphatic rings. The maximum Gasteiger partial charge on any atom is 0.0852 e. The SMILES string of the molecule is C=C[C@@]1(O)CC[C@H]2[C@](O)(CCC3C(C)(C)CCC[C@@]32C)C1. The molecular formula is C19H32O2. The van der Waals surface area contributed by atoms with Crippen LogP contribution < -0.4 is 0 Å². The van der Waals surface area contributed by atoms with Crippen molar-refractivity contribution in [2.75, 3.05) is 0 Å². The molecule has 0 radical (unpaired) electrons. The molecule has 3 aliphatic carbocycles. The lowest BCUT2D eigenvalue weighted by molar-refractivity contribution is -0.214. The Bertz CT molecular complexity index is 443. The quantitative estimate of drug-likeness (QED) is 0.715. The summed E-state index contributed by atoms with van der Waals surface area (Å²) in [5, 5.41) is 21.9. The minimum atomic E-state index is -0.862. The van der Waals surface area contributed by atoms with Crippen LogP contribution >= 0.6 is 0 Å². The fourth-order valence-corrected chi connectivity index (χ4v) is 6.48. The van der Waals surface area contributed by atoms with Crippen molar-refractivity contribution in [3.8, 4) is 0 Å². The van der Waals surface area contributed by atoms with Gasteiger partial charge in [-0.2, -0.15) is 0 Å². The van der Waals surface area contributed by atoms with E-state index >= 15 is 0 Å². The molecule has 2 heteroatoms. The molecule has 21 heavy (non-hydrogen) atoms. The van der Waals surface area contributed by atoms with Crippen LogP contribution in [0.25, 0.3) is 0 Å². The van der Waals surface area contributed by atoms with Crippen molar-refractivity contribution >= 4 is 0 Å². The van der Waals surface area contributed by atoms with Gasteiger partial charge in [0, 0.05) is 6.42 Å². The molecule has 0 aliphatic heterocycles. The Morgan fingerprint density at radius 3 is 2.29 bits per heavy atom. The first-order valence-corrected chi connectivity index (χ1v) is 8.74. The van der Waals surface area contributed by atoms with Crippen molar-refractivity contribution in [1.29, 1.82) is 0 Å². The molecular weight excluding hydrogens is 260 g/mol. The summed E-state index contributed by atoms with van der Waals surface area (Å²) < 4.78 is 0.